The van der Waals surface area contributed by atoms with Gasteiger partial charge in [0.15, 0.2) is 0 Å². The van der Waals surface area contributed by atoms with E-state index >= 15 is 0 Å². The molecule has 3 rings (SSSR count). The number of hydrogen-bond acceptors (Lipinski definition) is 2. The lowest BCUT2D eigenvalue weighted by molar-refractivity contribution is 0.659. The summed E-state index contributed by atoms with van der Waals surface area (Å²) in [4.78, 5) is 2.54. The Morgan fingerprint density at radius 2 is 2.27 bits per heavy atom. The van der Waals surface area contributed by atoms with E-state index in [0.29, 0.717) is 12.1 Å². The molecule has 0 spiro atoms. The highest BCUT2D eigenvalue weighted by Gasteiger charge is 2.39. The third-order valence-electron chi connectivity index (χ3n) is 3.70. The van der Waals surface area contributed by atoms with Gasteiger partial charge in [0.25, 0.3) is 0 Å². The van der Waals surface area contributed by atoms with Crippen LogP contribution in [0, 0.1) is 0 Å². The molecule has 0 bridgehead atoms. The predicted octanol–water partition coefficient (Wildman–Crippen LogP) is 2.30. The molecule has 2 aliphatic rings. The van der Waals surface area contributed by atoms with Crippen molar-refractivity contribution in [1.82, 2.24) is 0 Å². The van der Waals surface area contributed by atoms with E-state index in [1.54, 1.807) is 0 Å². The Bertz CT molecular complexity index is 391. The lowest BCUT2D eigenvalue weighted by Gasteiger charge is -2.26. The summed E-state index contributed by atoms with van der Waals surface area (Å²) >= 11 is 3.64. The molecule has 2 heterocycles. The highest BCUT2D eigenvalue weighted by atomic mass is 79.9. The van der Waals surface area contributed by atoms with E-state index in [-0.39, 0.29) is 0 Å². The largest absolute Gasteiger partial charge is 0.364 e. The summed E-state index contributed by atoms with van der Waals surface area (Å²) in [5.41, 5.74) is 8.71. The van der Waals surface area contributed by atoms with Gasteiger partial charge in [-0.2, -0.15) is 0 Å². The van der Waals surface area contributed by atoms with Crippen molar-refractivity contribution < 1.29 is 0 Å². The van der Waals surface area contributed by atoms with Gasteiger partial charge in [-0.1, -0.05) is 22.0 Å². The number of nitrogens with zero attached hydrogens (tertiary/aromatic N) is 1. The smallest absolute Gasteiger partial charge is 0.0416 e. The molecule has 1 saturated heterocycles. The van der Waals surface area contributed by atoms with Gasteiger partial charge < -0.3 is 10.6 Å². The molecule has 1 fully saturated rings. The Labute approximate surface area is 98.6 Å². The topological polar surface area (TPSA) is 29.3 Å². The van der Waals surface area contributed by atoms with Gasteiger partial charge in [-0.25, -0.2) is 0 Å². The zero-order valence-electron chi connectivity index (χ0n) is 8.62. The molecule has 2 nitrogen and oxygen atoms in total. The normalized spacial score (nSPS) is 28.0. The third-order valence-corrected chi connectivity index (χ3v) is 4.45. The van der Waals surface area contributed by atoms with Crippen LogP contribution in [0.25, 0.3) is 0 Å². The van der Waals surface area contributed by atoms with Gasteiger partial charge in [0.05, 0.1) is 0 Å². The van der Waals surface area contributed by atoms with Crippen LogP contribution in [-0.2, 0) is 6.42 Å². The Morgan fingerprint density at radius 3 is 3.07 bits per heavy atom. The minimum absolute atomic E-state index is 0.561. The van der Waals surface area contributed by atoms with E-state index in [2.05, 4.69) is 39.0 Å². The first-order valence-corrected chi connectivity index (χ1v) is 6.36. The monoisotopic (exact) mass is 266 g/mol. The van der Waals surface area contributed by atoms with Crippen molar-refractivity contribution in [3.63, 3.8) is 0 Å². The van der Waals surface area contributed by atoms with E-state index in [1.165, 1.54) is 35.0 Å². The molecule has 80 valence electrons. The lowest BCUT2D eigenvalue weighted by atomic mass is 10.1. The minimum atomic E-state index is 0.561. The zero-order chi connectivity index (χ0) is 10.4. The number of nitrogens with two attached hydrogens (primary N) is 1. The lowest BCUT2D eigenvalue weighted by Crippen LogP contribution is -2.37. The molecule has 0 saturated carbocycles. The van der Waals surface area contributed by atoms with E-state index < -0.39 is 0 Å². The van der Waals surface area contributed by atoms with E-state index in [1.807, 2.05) is 0 Å². The molecule has 0 radical (unpaired) electrons. The number of anilines is 1. The van der Waals surface area contributed by atoms with Gasteiger partial charge in [-0.15, -0.1) is 0 Å². The Hall–Kier alpha value is -0.540. The fraction of sp³-hybridized carbons (Fsp3) is 0.500. The van der Waals surface area contributed by atoms with Gasteiger partial charge in [0, 0.05) is 28.8 Å². The molecule has 0 aromatic heterocycles. The second-order valence-corrected chi connectivity index (χ2v) is 5.32. The van der Waals surface area contributed by atoms with Crippen molar-refractivity contribution >= 4 is 21.6 Å². The third kappa shape index (κ3) is 1.33. The maximum Gasteiger partial charge on any atom is 0.0416 e. The van der Waals surface area contributed by atoms with Gasteiger partial charge in [-0.3, -0.25) is 0 Å². The summed E-state index contributed by atoms with van der Waals surface area (Å²) in [6.07, 6.45) is 3.74. The average Bonchev–Trinajstić information content (AvgIpc) is 2.77. The summed E-state index contributed by atoms with van der Waals surface area (Å²) in [6.45, 7) is 0.780. The summed E-state index contributed by atoms with van der Waals surface area (Å²) in [6, 6.07) is 7.75. The van der Waals surface area contributed by atoms with Crippen LogP contribution >= 0.6 is 15.9 Å². The van der Waals surface area contributed by atoms with Crippen molar-refractivity contribution in [3.8, 4) is 0 Å². The van der Waals surface area contributed by atoms with Gasteiger partial charge in [-0.05, 0) is 37.0 Å². The van der Waals surface area contributed by atoms with Crippen molar-refractivity contribution in [2.45, 2.75) is 31.3 Å². The fourth-order valence-corrected chi connectivity index (χ4v) is 3.53. The van der Waals surface area contributed by atoms with Crippen LogP contribution in [0.4, 0.5) is 5.69 Å². The number of fused-ring (bicyclic) bond motifs is 3. The maximum absolute atomic E-state index is 5.83. The summed E-state index contributed by atoms with van der Waals surface area (Å²) in [7, 11) is 0. The SMILES string of the molecule is NCC1CCC2Cc3c(Br)cccc3N12. The number of halogens is 1. The standard InChI is InChI=1S/C12H15BrN2/c13-11-2-1-3-12-10(11)6-8-4-5-9(7-14)15(8)12/h1-3,8-9H,4-7,14H2. The molecule has 3 heteroatoms. The fourth-order valence-electron chi connectivity index (χ4n) is 3.01. The predicted molar refractivity (Wildman–Crippen MR) is 66.2 cm³/mol. The van der Waals surface area contributed by atoms with E-state index in [0.717, 1.165) is 6.54 Å². The highest BCUT2D eigenvalue weighted by molar-refractivity contribution is 9.10. The Balaban J connectivity index is 2.05. The van der Waals surface area contributed by atoms with Crippen LogP contribution in [0.2, 0.25) is 0 Å². The molecule has 2 unspecified atom stereocenters. The number of hydrogen-bond donors (Lipinski definition) is 1. The van der Waals surface area contributed by atoms with Gasteiger partial charge in [0.1, 0.15) is 0 Å². The first kappa shape index (κ1) is 9.67. The quantitative estimate of drug-likeness (QED) is 0.846. The van der Waals surface area contributed by atoms with E-state index in [9.17, 15) is 0 Å². The Morgan fingerprint density at radius 1 is 1.40 bits per heavy atom. The van der Waals surface area contributed by atoms with Gasteiger partial charge in [0.2, 0.25) is 0 Å². The minimum Gasteiger partial charge on any atom is -0.364 e. The molecule has 0 aliphatic carbocycles. The molecule has 15 heavy (non-hydrogen) atoms. The van der Waals surface area contributed by atoms with E-state index in [4.69, 9.17) is 5.73 Å². The van der Waals surface area contributed by atoms with Gasteiger partial charge >= 0.3 is 0 Å². The van der Waals surface area contributed by atoms with Crippen LogP contribution in [0.5, 0.6) is 0 Å². The van der Waals surface area contributed by atoms with Crippen LogP contribution in [0.15, 0.2) is 22.7 Å². The molecule has 2 atom stereocenters. The first-order chi connectivity index (χ1) is 7.31. The molecule has 1 aromatic rings. The van der Waals surface area contributed by atoms with Crippen LogP contribution in [-0.4, -0.2) is 18.6 Å². The molecular formula is C12H15BrN2. The number of benzene rings is 1. The van der Waals surface area contributed by atoms with Crippen LogP contribution in [0.1, 0.15) is 18.4 Å². The summed E-state index contributed by atoms with van der Waals surface area (Å²) in [5, 5.41) is 0. The molecular weight excluding hydrogens is 252 g/mol. The van der Waals surface area contributed by atoms with Crippen molar-refractivity contribution in [1.29, 1.82) is 0 Å². The van der Waals surface area contributed by atoms with Crippen LogP contribution in [0.3, 0.4) is 0 Å². The van der Waals surface area contributed by atoms with Crippen LogP contribution < -0.4 is 10.6 Å². The molecule has 2 N–H and O–H groups in total. The Kier molecular flexibility index (Phi) is 2.25. The summed E-state index contributed by atoms with van der Waals surface area (Å²) in [5.74, 6) is 0. The maximum atomic E-state index is 5.83. The highest BCUT2D eigenvalue weighted by Crippen LogP contribution is 2.43. The molecule has 1 aromatic carbocycles. The molecule has 0 amide bonds. The zero-order valence-corrected chi connectivity index (χ0v) is 10.2. The summed E-state index contributed by atoms with van der Waals surface area (Å²) < 4.78 is 1.25. The molecule has 2 aliphatic heterocycles. The second-order valence-electron chi connectivity index (χ2n) is 4.47. The number of rotatable bonds is 1. The second kappa shape index (κ2) is 3.49. The first-order valence-electron chi connectivity index (χ1n) is 5.57. The van der Waals surface area contributed by atoms with Crippen molar-refractivity contribution in [2.75, 3.05) is 11.4 Å². The van der Waals surface area contributed by atoms with Crippen molar-refractivity contribution in [3.05, 3.63) is 28.2 Å². The average molecular weight is 267 g/mol. The van der Waals surface area contributed by atoms with Crippen molar-refractivity contribution in [2.24, 2.45) is 5.73 Å².